The normalized spacial score (nSPS) is 20.2. The Morgan fingerprint density at radius 1 is 1.21 bits per heavy atom. The van der Waals surface area contributed by atoms with Crippen molar-refractivity contribution in [1.82, 2.24) is 10.2 Å². The standard InChI is InChI=1S/C16H16BrN3O4/c17-7-2-8-18-10-4-1-3-9-13(10)16(24)20(15(9)23)11-5-6-12(21)19-14(11)22/h1,3-4,11,18H,2,5-8H2,(H,19,21,22). The zero-order valence-electron chi connectivity index (χ0n) is 12.8. The van der Waals surface area contributed by atoms with Gasteiger partial charge in [-0.15, -0.1) is 0 Å². The highest BCUT2D eigenvalue weighted by molar-refractivity contribution is 9.09. The lowest BCUT2D eigenvalue weighted by atomic mass is 10.0. The molecule has 2 N–H and O–H groups in total. The van der Waals surface area contributed by atoms with Crippen LogP contribution >= 0.6 is 15.9 Å². The van der Waals surface area contributed by atoms with Gasteiger partial charge in [0, 0.05) is 24.0 Å². The Morgan fingerprint density at radius 2 is 2.00 bits per heavy atom. The number of halogens is 1. The minimum absolute atomic E-state index is 0.111. The van der Waals surface area contributed by atoms with E-state index in [-0.39, 0.29) is 24.3 Å². The van der Waals surface area contributed by atoms with Gasteiger partial charge in [-0.05, 0) is 25.0 Å². The van der Waals surface area contributed by atoms with E-state index in [0.717, 1.165) is 16.7 Å². The van der Waals surface area contributed by atoms with Crippen molar-refractivity contribution in [3.63, 3.8) is 0 Å². The van der Waals surface area contributed by atoms with E-state index in [1.807, 2.05) is 0 Å². The highest BCUT2D eigenvalue weighted by atomic mass is 79.9. The number of hydrogen-bond donors (Lipinski definition) is 2. The van der Waals surface area contributed by atoms with Gasteiger partial charge in [0.2, 0.25) is 11.8 Å². The molecule has 1 saturated heterocycles. The van der Waals surface area contributed by atoms with Crippen LogP contribution in [0.3, 0.4) is 0 Å². The average molecular weight is 394 g/mol. The first-order valence-electron chi connectivity index (χ1n) is 7.69. The van der Waals surface area contributed by atoms with E-state index >= 15 is 0 Å². The molecule has 2 aliphatic rings. The Balaban J connectivity index is 1.89. The predicted octanol–water partition coefficient (Wildman–Crippen LogP) is 1.28. The van der Waals surface area contributed by atoms with Crippen LogP contribution in [0.2, 0.25) is 0 Å². The first kappa shape index (κ1) is 16.6. The molecule has 0 bridgehead atoms. The molecule has 24 heavy (non-hydrogen) atoms. The molecule has 0 spiro atoms. The number of nitrogens with zero attached hydrogens (tertiary/aromatic N) is 1. The highest BCUT2D eigenvalue weighted by Gasteiger charge is 2.45. The molecule has 0 radical (unpaired) electrons. The van der Waals surface area contributed by atoms with Gasteiger partial charge >= 0.3 is 0 Å². The number of alkyl halides is 1. The van der Waals surface area contributed by atoms with E-state index in [0.29, 0.717) is 17.8 Å². The fourth-order valence-corrected chi connectivity index (χ4v) is 3.23. The van der Waals surface area contributed by atoms with Crippen LogP contribution in [0.5, 0.6) is 0 Å². The maximum atomic E-state index is 12.8. The molecule has 1 unspecified atom stereocenters. The number of hydrogen-bond acceptors (Lipinski definition) is 5. The van der Waals surface area contributed by atoms with Gasteiger partial charge in [-0.1, -0.05) is 22.0 Å². The number of anilines is 1. The van der Waals surface area contributed by atoms with Crippen molar-refractivity contribution in [3.8, 4) is 0 Å². The van der Waals surface area contributed by atoms with E-state index in [2.05, 4.69) is 26.6 Å². The van der Waals surface area contributed by atoms with Gasteiger partial charge in [-0.2, -0.15) is 0 Å². The summed E-state index contributed by atoms with van der Waals surface area (Å²) >= 11 is 3.34. The van der Waals surface area contributed by atoms with Crippen LogP contribution in [0.4, 0.5) is 5.69 Å². The summed E-state index contributed by atoms with van der Waals surface area (Å²) in [5.74, 6) is -1.97. The molecule has 126 valence electrons. The van der Waals surface area contributed by atoms with Gasteiger partial charge in [0.05, 0.1) is 11.1 Å². The number of amides is 4. The number of rotatable bonds is 5. The van der Waals surface area contributed by atoms with Gasteiger partial charge in [0.1, 0.15) is 6.04 Å². The van der Waals surface area contributed by atoms with Gasteiger partial charge < -0.3 is 5.32 Å². The highest BCUT2D eigenvalue weighted by Crippen LogP contribution is 2.32. The number of benzene rings is 1. The summed E-state index contributed by atoms with van der Waals surface area (Å²) in [6, 6.07) is 4.09. The van der Waals surface area contributed by atoms with E-state index in [1.54, 1.807) is 18.2 Å². The second kappa shape index (κ2) is 6.72. The smallest absolute Gasteiger partial charge is 0.264 e. The molecule has 3 rings (SSSR count). The molecule has 1 atom stereocenters. The predicted molar refractivity (Wildman–Crippen MR) is 90.0 cm³/mol. The van der Waals surface area contributed by atoms with E-state index in [1.165, 1.54) is 0 Å². The molecule has 0 saturated carbocycles. The van der Waals surface area contributed by atoms with Crippen molar-refractivity contribution in [2.75, 3.05) is 17.2 Å². The van der Waals surface area contributed by atoms with Gasteiger partial charge in [-0.3, -0.25) is 29.4 Å². The third kappa shape index (κ3) is 2.82. The molecule has 1 aromatic carbocycles. The molecule has 8 heteroatoms. The third-order valence-corrected chi connectivity index (χ3v) is 4.65. The molecular formula is C16H16BrN3O4. The second-order valence-corrected chi connectivity index (χ2v) is 6.44. The van der Waals surface area contributed by atoms with Crippen LogP contribution in [0.25, 0.3) is 0 Å². The Morgan fingerprint density at radius 3 is 2.71 bits per heavy atom. The summed E-state index contributed by atoms with van der Waals surface area (Å²) in [4.78, 5) is 49.7. The lowest BCUT2D eigenvalue weighted by Gasteiger charge is -2.27. The van der Waals surface area contributed by atoms with Crippen LogP contribution in [-0.4, -0.2) is 46.4 Å². The summed E-state index contributed by atoms with van der Waals surface area (Å²) in [6.45, 7) is 0.654. The van der Waals surface area contributed by atoms with Crippen molar-refractivity contribution < 1.29 is 19.2 Å². The Hall–Kier alpha value is -2.22. The number of nitrogens with one attached hydrogen (secondary N) is 2. The SMILES string of the molecule is O=C1CCC(N2C(=O)c3cccc(NCCCBr)c3C2=O)C(=O)N1. The Bertz CT molecular complexity index is 734. The summed E-state index contributed by atoms with van der Waals surface area (Å²) in [5, 5.41) is 6.16. The first-order valence-corrected chi connectivity index (χ1v) is 8.81. The lowest BCUT2D eigenvalue weighted by molar-refractivity contribution is -0.136. The minimum Gasteiger partial charge on any atom is -0.384 e. The monoisotopic (exact) mass is 393 g/mol. The Kier molecular flexibility index (Phi) is 4.66. The molecule has 7 nitrogen and oxygen atoms in total. The fraction of sp³-hybridized carbons (Fsp3) is 0.375. The summed E-state index contributed by atoms with van der Waals surface area (Å²) < 4.78 is 0. The maximum absolute atomic E-state index is 12.8. The number of piperidine rings is 1. The Labute approximate surface area is 146 Å². The molecule has 0 aliphatic carbocycles. The topological polar surface area (TPSA) is 95.6 Å². The molecule has 2 heterocycles. The largest absolute Gasteiger partial charge is 0.384 e. The zero-order valence-corrected chi connectivity index (χ0v) is 14.4. The van der Waals surface area contributed by atoms with Crippen LogP contribution in [0.1, 0.15) is 40.0 Å². The second-order valence-electron chi connectivity index (χ2n) is 5.64. The van der Waals surface area contributed by atoms with Crippen LogP contribution < -0.4 is 10.6 Å². The number of carbonyl (C=O) groups is 4. The molecule has 1 fully saturated rings. The average Bonchev–Trinajstić information content (AvgIpc) is 2.81. The minimum atomic E-state index is -0.939. The fourth-order valence-electron chi connectivity index (χ4n) is 2.95. The van der Waals surface area contributed by atoms with Crippen LogP contribution in [-0.2, 0) is 9.59 Å². The lowest BCUT2D eigenvalue weighted by Crippen LogP contribution is -2.54. The van der Waals surface area contributed by atoms with Gasteiger partial charge in [0.25, 0.3) is 11.8 Å². The quantitative estimate of drug-likeness (QED) is 0.446. The summed E-state index contributed by atoms with van der Waals surface area (Å²) in [7, 11) is 0. The maximum Gasteiger partial charge on any atom is 0.264 e. The summed E-state index contributed by atoms with van der Waals surface area (Å²) in [6.07, 6.45) is 1.13. The van der Waals surface area contributed by atoms with Gasteiger partial charge in [0.15, 0.2) is 0 Å². The number of imide groups is 2. The van der Waals surface area contributed by atoms with Crippen molar-refractivity contribution >= 4 is 45.2 Å². The van der Waals surface area contributed by atoms with Gasteiger partial charge in [-0.25, -0.2) is 0 Å². The molecule has 0 aromatic heterocycles. The molecular weight excluding hydrogens is 378 g/mol. The third-order valence-electron chi connectivity index (χ3n) is 4.09. The van der Waals surface area contributed by atoms with Crippen molar-refractivity contribution in [1.29, 1.82) is 0 Å². The van der Waals surface area contributed by atoms with E-state index in [9.17, 15) is 19.2 Å². The molecule has 1 aromatic rings. The number of carbonyl (C=O) groups excluding carboxylic acids is 4. The van der Waals surface area contributed by atoms with Crippen molar-refractivity contribution in [2.45, 2.75) is 25.3 Å². The molecule has 2 aliphatic heterocycles. The van der Waals surface area contributed by atoms with Crippen LogP contribution in [0, 0.1) is 0 Å². The van der Waals surface area contributed by atoms with Crippen molar-refractivity contribution in [2.24, 2.45) is 0 Å². The zero-order chi connectivity index (χ0) is 17.3. The first-order chi connectivity index (χ1) is 11.5. The molecule has 4 amide bonds. The van der Waals surface area contributed by atoms with E-state index < -0.39 is 23.8 Å². The van der Waals surface area contributed by atoms with Crippen molar-refractivity contribution in [3.05, 3.63) is 29.3 Å². The number of fused-ring (bicyclic) bond motifs is 1. The van der Waals surface area contributed by atoms with E-state index in [4.69, 9.17) is 0 Å². The summed E-state index contributed by atoms with van der Waals surface area (Å²) in [5.41, 5.74) is 1.16. The van der Waals surface area contributed by atoms with Crippen LogP contribution in [0.15, 0.2) is 18.2 Å².